The van der Waals surface area contributed by atoms with E-state index >= 15 is 0 Å². The minimum Gasteiger partial charge on any atom is -0.506 e. The summed E-state index contributed by atoms with van der Waals surface area (Å²) in [6.45, 7) is 2.31. The third kappa shape index (κ3) is 2.69. The maximum absolute atomic E-state index is 13.9. The molecule has 11 nitrogen and oxygen atoms in total. The lowest BCUT2D eigenvalue weighted by Gasteiger charge is -2.59. The summed E-state index contributed by atoms with van der Waals surface area (Å²) in [5, 5.41) is 24.9. The van der Waals surface area contributed by atoms with Crippen molar-refractivity contribution in [2.24, 2.45) is 5.41 Å². The number of likely N-dealkylation sites (N-methyl/N-ethyl adjacent to an activating group) is 2. The summed E-state index contributed by atoms with van der Waals surface area (Å²) < 4.78 is 19.4. The number of carbonyl (C=O) groups excluding carboxylic acids is 2. The number of amides is 1. The topological polar surface area (TPSA) is 115 Å². The predicted octanol–water partition coefficient (Wildman–Crippen LogP) is 2.98. The zero-order valence-corrected chi connectivity index (χ0v) is 27.9. The van der Waals surface area contributed by atoms with Crippen LogP contribution in [-0.4, -0.2) is 103 Å². The van der Waals surface area contributed by atoms with Gasteiger partial charge in [0, 0.05) is 32.1 Å². The van der Waals surface area contributed by atoms with Crippen LogP contribution in [0.3, 0.4) is 0 Å². The Morgan fingerprint density at radius 3 is 2.56 bits per heavy atom. The van der Waals surface area contributed by atoms with E-state index in [2.05, 4.69) is 40.0 Å². The van der Waals surface area contributed by atoms with Gasteiger partial charge in [-0.25, -0.2) is 0 Å². The van der Waals surface area contributed by atoms with E-state index in [1.54, 1.807) is 26.4 Å². The number of hydrogen-bond acceptors (Lipinski definition) is 10. The predicted molar refractivity (Wildman–Crippen MR) is 175 cm³/mol. The fourth-order valence-electron chi connectivity index (χ4n) is 12.6. The molecule has 252 valence electrons. The van der Waals surface area contributed by atoms with E-state index in [1.807, 2.05) is 13.1 Å². The third-order valence-electron chi connectivity index (χ3n) is 14.1. The van der Waals surface area contributed by atoms with Gasteiger partial charge in [-0.1, -0.05) is 24.3 Å². The molecule has 0 aromatic heterocycles. The number of phenolic OH excluding ortho intramolecular Hbond substituents is 1. The number of ether oxygens (including phenoxy) is 3. The minimum absolute atomic E-state index is 0.0376. The molecule has 2 aromatic carbocycles. The second kappa shape index (κ2) is 8.86. The third-order valence-corrected chi connectivity index (χ3v) is 14.1. The molecule has 11 heteroatoms. The number of hydrogen-bond donors (Lipinski definition) is 2. The van der Waals surface area contributed by atoms with Gasteiger partial charge in [-0.3, -0.25) is 24.3 Å². The standard InChI is InChI=1S/C37H42N4O7/c1-38-17-14-34(21-7-5-8-24(42)29(21)41-27(43)10-9-26(38)36(34,41)45)23-19-22-30(32(47-4)31(23)46-3)39(2)25-11-13-33-12-6-16-40-18-15-35(22,25)37(33,40)48-28(44)20-33/h5,7-8,11,13,19,25-26,42,45H,6,9-10,12,14-18,20H2,1-4H3/t25-,26+,33-,34-,35-,36+,37+/m1/s1. The number of piperidine rings is 3. The van der Waals surface area contributed by atoms with Crippen molar-refractivity contribution in [3.8, 4) is 17.2 Å². The highest BCUT2D eigenvalue weighted by molar-refractivity contribution is 6.02. The number of likely N-dealkylation sites (tertiary alicyclic amines) is 1. The molecule has 5 fully saturated rings. The van der Waals surface area contributed by atoms with Crippen LogP contribution in [0.2, 0.25) is 0 Å². The molecule has 0 unspecified atom stereocenters. The van der Waals surface area contributed by atoms with Gasteiger partial charge < -0.3 is 29.3 Å². The molecule has 2 N–H and O–H groups in total. The first kappa shape index (κ1) is 29.1. The van der Waals surface area contributed by atoms with Crippen molar-refractivity contribution in [2.75, 3.05) is 57.7 Å². The van der Waals surface area contributed by atoms with Crippen molar-refractivity contribution in [3.05, 3.63) is 53.1 Å². The van der Waals surface area contributed by atoms with Crippen molar-refractivity contribution < 1.29 is 34.0 Å². The second-order valence-electron chi connectivity index (χ2n) is 15.4. The van der Waals surface area contributed by atoms with Crippen molar-refractivity contribution in [1.29, 1.82) is 0 Å². The molecule has 48 heavy (non-hydrogen) atoms. The fourth-order valence-corrected chi connectivity index (χ4v) is 12.6. The van der Waals surface area contributed by atoms with E-state index < -0.39 is 33.7 Å². The Bertz CT molecular complexity index is 1880. The molecule has 10 rings (SSSR count). The van der Waals surface area contributed by atoms with Crippen LogP contribution in [0.25, 0.3) is 0 Å². The smallest absolute Gasteiger partial charge is 0.308 e. The summed E-state index contributed by atoms with van der Waals surface area (Å²) in [7, 11) is 7.36. The van der Waals surface area contributed by atoms with Crippen LogP contribution >= 0.6 is 0 Å². The molecule has 7 heterocycles. The Morgan fingerprint density at radius 1 is 0.958 bits per heavy atom. The monoisotopic (exact) mass is 654 g/mol. The fraction of sp³-hybridized carbons (Fsp3) is 0.568. The van der Waals surface area contributed by atoms with Gasteiger partial charge >= 0.3 is 5.97 Å². The molecule has 0 bridgehead atoms. The average Bonchev–Trinajstić information content (AvgIpc) is 3.73. The van der Waals surface area contributed by atoms with Crippen molar-refractivity contribution in [1.82, 2.24) is 9.80 Å². The van der Waals surface area contributed by atoms with Crippen LogP contribution in [0, 0.1) is 5.41 Å². The Morgan fingerprint density at radius 2 is 1.77 bits per heavy atom. The van der Waals surface area contributed by atoms with E-state index in [-0.39, 0.29) is 30.1 Å². The highest BCUT2D eigenvalue weighted by Crippen LogP contribution is 2.74. The highest BCUT2D eigenvalue weighted by Gasteiger charge is 2.81. The van der Waals surface area contributed by atoms with Crippen LogP contribution in [0.15, 0.2) is 36.4 Å². The number of benzene rings is 2. The Kier molecular flexibility index (Phi) is 5.38. The Balaban J connectivity index is 1.33. The molecular formula is C37H42N4O7. The molecule has 7 atom stereocenters. The quantitative estimate of drug-likeness (QED) is 0.378. The first-order valence-corrected chi connectivity index (χ1v) is 17.3. The molecule has 1 aliphatic carbocycles. The van der Waals surface area contributed by atoms with Gasteiger partial charge in [0.15, 0.2) is 22.9 Å². The first-order valence-electron chi connectivity index (χ1n) is 17.3. The largest absolute Gasteiger partial charge is 0.506 e. The number of carbonyl (C=O) groups is 2. The van der Waals surface area contributed by atoms with Gasteiger partial charge in [0.05, 0.1) is 60.3 Å². The summed E-state index contributed by atoms with van der Waals surface area (Å²) in [5.41, 5.74) is -1.08. The zero-order chi connectivity index (χ0) is 33.2. The second-order valence-corrected chi connectivity index (χ2v) is 15.4. The number of esters is 1. The van der Waals surface area contributed by atoms with Crippen LogP contribution in [0.1, 0.15) is 61.6 Å². The van der Waals surface area contributed by atoms with Crippen molar-refractivity contribution in [3.63, 3.8) is 0 Å². The van der Waals surface area contributed by atoms with Gasteiger partial charge in [0.25, 0.3) is 0 Å². The zero-order valence-electron chi connectivity index (χ0n) is 27.9. The normalized spacial score (nSPS) is 40.2. The van der Waals surface area contributed by atoms with E-state index in [0.717, 1.165) is 49.2 Å². The number of para-hydroxylation sites is 1. The number of phenols is 1. The van der Waals surface area contributed by atoms with Gasteiger partial charge in [-0.05, 0) is 69.0 Å². The van der Waals surface area contributed by atoms with Crippen LogP contribution in [0.5, 0.6) is 17.2 Å². The lowest BCUT2D eigenvalue weighted by Crippen LogP contribution is -2.75. The number of methoxy groups -OCH3 is 2. The van der Waals surface area contributed by atoms with Gasteiger partial charge in [-0.2, -0.15) is 0 Å². The molecule has 2 spiro atoms. The van der Waals surface area contributed by atoms with Crippen LogP contribution in [0.4, 0.5) is 11.4 Å². The van der Waals surface area contributed by atoms with Crippen LogP contribution in [-0.2, 0) is 25.2 Å². The number of aliphatic hydroxyl groups is 1. The Labute approximate surface area is 279 Å². The SMILES string of the molecule is COc1c([C@@]23CCN(C)[C@H]4CCC(=O)N(c5c(O)cccc52)[C@]43O)cc2c(c1OC)N(C)[C@@H]1C=C[C@@]34CCCN5CC[C@@]21[C@]53OC(=O)C4. The van der Waals surface area contributed by atoms with E-state index in [1.165, 1.54) is 4.90 Å². The summed E-state index contributed by atoms with van der Waals surface area (Å²) in [5.74, 6) is 0.642. The average molecular weight is 655 g/mol. The number of anilines is 2. The van der Waals surface area contributed by atoms with Crippen LogP contribution < -0.4 is 19.3 Å². The molecule has 8 aliphatic rings. The number of aromatic hydroxyl groups is 1. The van der Waals surface area contributed by atoms with E-state index in [9.17, 15) is 19.8 Å². The highest BCUT2D eigenvalue weighted by atomic mass is 16.6. The Hall–Kier alpha value is -3.80. The molecule has 2 aromatic rings. The molecule has 0 saturated carbocycles. The first-order chi connectivity index (χ1) is 23.1. The summed E-state index contributed by atoms with van der Waals surface area (Å²) in [6, 6.07) is 7.02. The van der Waals surface area contributed by atoms with Gasteiger partial charge in [0.2, 0.25) is 5.91 Å². The van der Waals surface area contributed by atoms with E-state index in [0.29, 0.717) is 48.6 Å². The number of rotatable bonds is 3. The summed E-state index contributed by atoms with van der Waals surface area (Å²) in [4.78, 5) is 35.7. The number of fused-ring (bicyclic) bond motifs is 4. The number of nitrogens with zero attached hydrogens (tertiary/aromatic N) is 4. The van der Waals surface area contributed by atoms with E-state index in [4.69, 9.17) is 14.2 Å². The van der Waals surface area contributed by atoms with Crippen molar-refractivity contribution in [2.45, 2.75) is 79.3 Å². The molecule has 5 saturated heterocycles. The van der Waals surface area contributed by atoms with Gasteiger partial charge in [-0.15, -0.1) is 0 Å². The molecule has 1 amide bonds. The molecular weight excluding hydrogens is 612 g/mol. The summed E-state index contributed by atoms with van der Waals surface area (Å²) >= 11 is 0. The maximum Gasteiger partial charge on any atom is 0.308 e. The lowest BCUT2D eigenvalue weighted by molar-refractivity contribution is -0.207. The molecule has 0 radical (unpaired) electrons. The van der Waals surface area contributed by atoms with Gasteiger partial charge in [0.1, 0.15) is 5.75 Å². The summed E-state index contributed by atoms with van der Waals surface area (Å²) in [6.07, 6.45) is 8.80. The lowest BCUT2D eigenvalue weighted by atomic mass is 9.52. The van der Waals surface area contributed by atoms with Crippen molar-refractivity contribution >= 4 is 23.3 Å². The maximum atomic E-state index is 13.9. The minimum atomic E-state index is -1.72. The molecule has 7 aliphatic heterocycles.